The van der Waals surface area contributed by atoms with Gasteiger partial charge in [-0.1, -0.05) is 11.6 Å². The van der Waals surface area contributed by atoms with E-state index in [9.17, 15) is 0 Å². The lowest BCUT2D eigenvalue weighted by molar-refractivity contribution is -0.0458. The van der Waals surface area contributed by atoms with Gasteiger partial charge in [-0.2, -0.15) is 0 Å². The average Bonchev–Trinajstić information content (AvgIpc) is 2.75. The topological polar surface area (TPSA) is 9.23 Å². The molecule has 0 aromatic heterocycles. The summed E-state index contributed by atoms with van der Waals surface area (Å²) in [6.07, 6.45) is 8.47. The minimum absolute atomic E-state index is 0.641. The predicted octanol–water partition coefficient (Wildman–Crippen LogP) is 2.77. The first-order valence-electron chi connectivity index (χ1n) is 5.67. The van der Waals surface area contributed by atoms with E-state index in [-0.39, 0.29) is 0 Å². The van der Waals surface area contributed by atoms with Gasteiger partial charge in [0.1, 0.15) is 0 Å². The van der Waals surface area contributed by atoms with Gasteiger partial charge in [0.05, 0.1) is 6.10 Å². The van der Waals surface area contributed by atoms with Crippen molar-refractivity contribution in [1.29, 1.82) is 0 Å². The van der Waals surface area contributed by atoms with E-state index in [2.05, 4.69) is 13.0 Å². The molecule has 2 unspecified atom stereocenters. The zero-order valence-electron chi connectivity index (χ0n) is 8.33. The maximum absolute atomic E-state index is 5.90. The number of ether oxygens (including phenoxy) is 1. The van der Waals surface area contributed by atoms with Crippen molar-refractivity contribution < 1.29 is 4.74 Å². The largest absolute Gasteiger partial charge is 0.378 e. The number of fused-ring (bicyclic) bond motifs is 5. The SMILES string of the molecule is C/C=C1/C[C@@H]2C[C@H]1C1CCCOC12. The molecule has 3 rings (SSSR count). The van der Waals surface area contributed by atoms with Gasteiger partial charge < -0.3 is 4.74 Å². The summed E-state index contributed by atoms with van der Waals surface area (Å²) >= 11 is 0. The molecule has 0 aromatic carbocycles. The van der Waals surface area contributed by atoms with Crippen molar-refractivity contribution >= 4 is 0 Å². The van der Waals surface area contributed by atoms with Gasteiger partial charge in [-0.25, -0.2) is 0 Å². The molecule has 0 radical (unpaired) electrons. The first kappa shape index (κ1) is 8.05. The third-order valence-electron chi connectivity index (χ3n) is 4.30. The highest BCUT2D eigenvalue weighted by Gasteiger charge is 2.51. The van der Waals surface area contributed by atoms with Crippen LogP contribution in [-0.2, 0) is 4.74 Å². The smallest absolute Gasteiger partial charge is 0.0640 e. The molecular weight excluding hydrogens is 160 g/mol. The Morgan fingerprint density at radius 1 is 1.46 bits per heavy atom. The first-order valence-corrected chi connectivity index (χ1v) is 5.67. The molecule has 3 fully saturated rings. The molecule has 1 aliphatic heterocycles. The van der Waals surface area contributed by atoms with Crippen LogP contribution in [0.1, 0.15) is 32.6 Å². The second kappa shape index (κ2) is 2.84. The van der Waals surface area contributed by atoms with Crippen molar-refractivity contribution in [1.82, 2.24) is 0 Å². The Labute approximate surface area is 80.2 Å². The number of rotatable bonds is 0. The van der Waals surface area contributed by atoms with Crippen molar-refractivity contribution in [3.63, 3.8) is 0 Å². The van der Waals surface area contributed by atoms with Crippen LogP contribution in [0.25, 0.3) is 0 Å². The molecule has 2 bridgehead atoms. The van der Waals surface area contributed by atoms with Crippen LogP contribution in [0.15, 0.2) is 11.6 Å². The Hall–Kier alpha value is -0.300. The van der Waals surface area contributed by atoms with Gasteiger partial charge in [0, 0.05) is 6.61 Å². The van der Waals surface area contributed by atoms with Gasteiger partial charge in [0.15, 0.2) is 0 Å². The minimum Gasteiger partial charge on any atom is -0.378 e. The van der Waals surface area contributed by atoms with E-state index in [1.807, 2.05) is 0 Å². The average molecular weight is 178 g/mol. The van der Waals surface area contributed by atoms with Gasteiger partial charge in [0.2, 0.25) is 0 Å². The zero-order chi connectivity index (χ0) is 8.84. The summed E-state index contributed by atoms with van der Waals surface area (Å²) in [5.74, 6) is 2.67. The van der Waals surface area contributed by atoms with Crippen LogP contribution in [0, 0.1) is 17.8 Å². The van der Waals surface area contributed by atoms with Crippen molar-refractivity contribution in [2.75, 3.05) is 6.61 Å². The van der Waals surface area contributed by atoms with E-state index in [0.717, 1.165) is 24.4 Å². The molecule has 0 N–H and O–H groups in total. The lowest BCUT2D eigenvalue weighted by atomic mass is 9.79. The number of allylic oxidation sites excluding steroid dienone is 2. The van der Waals surface area contributed by atoms with Gasteiger partial charge in [-0.3, -0.25) is 0 Å². The summed E-state index contributed by atoms with van der Waals surface area (Å²) in [5, 5.41) is 0. The van der Waals surface area contributed by atoms with Gasteiger partial charge in [-0.15, -0.1) is 0 Å². The Balaban J connectivity index is 1.87. The fraction of sp³-hybridized carbons (Fsp3) is 0.833. The lowest BCUT2D eigenvalue weighted by Gasteiger charge is -2.36. The second-order valence-corrected chi connectivity index (χ2v) is 4.81. The van der Waals surface area contributed by atoms with E-state index >= 15 is 0 Å². The van der Waals surface area contributed by atoms with Gasteiger partial charge >= 0.3 is 0 Å². The molecule has 72 valence electrons. The molecule has 1 nitrogen and oxygen atoms in total. The third-order valence-corrected chi connectivity index (χ3v) is 4.30. The summed E-state index contributed by atoms with van der Waals surface area (Å²) < 4.78 is 5.90. The Bertz CT molecular complexity index is 244. The standard InChI is InChI=1S/C12H18O/c1-2-8-6-9-7-11(8)10-4-3-5-13-12(9)10/h2,9-12H,3-7H2,1H3/b8-2-/t9-,10?,11-,12?/m1/s1. The molecule has 0 amide bonds. The van der Waals surface area contributed by atoms with Crippen LogP contribution in [0.3, 0.4) is 0 Å². The zero-order valence-corrected chi connectivity index (χ0v) is 8.33. The first-order chi connectivity index (χ1) is 6.40. The molecule has 4 atom stereocenters. The van der Waals surface area contributed by atoms with E-state index in [0.29, 0.717) is 6.10 Å². The second-order valence-electron chi connectivity index (χ2n) is 4.81. The summed E-state index contributed by atoms with van der Waals surface area (Å²) in [7, 11) is 0. The van der Waals surface area contributed by atoms with E-state index < -0.39 is 0 Å². The highest BCUT2D eigenvalue weighted by molar-refractivity contribution is 5.21. The van der Waals surface area contributed by atoms with Crippen LogP contribution >= 0.6 is 0 Å². The minimum atomic E-state index is 0.641. The van der Waals surface area contributed by atoms with Crippen molar-refractivity contribution in [2.24, 2.45) is 17.8 Å². The normalized spacial score (nSPS) is 51.3. The number of hydrogen-bond donors (Lipinski definition) is 0. The Kier molecular flexibility index (Phi) is 1.76. The molecule has 0 spiro atoms. The maximum atomic E-state index is 5.90. The summed E-state index contributed by atoms with van der Waals surface area (Å²) in [6, 6.07) is 0. The molecule has 1 heterocycles. The fourth-order valence-electron chi connectivity index (χ4n) is 3.79. The third kappa shape index (κ3) is 1.03. The van der Waals surface area contributed by atoms with Gasteiger partial charge in [0.25, 0.3) is 0 Å². The lowest BCUT2D eigenvalue weighted by Crippen LogP contribution is -2.35. The molecule has 2 aliphatic carbocycles. The van der Waals surface area contributed by atoms with E-state index in [1.54, 1.807) is 5.57 Å². The highest BCUT2D eigenvalue weighted by atomic mass is 16.5. The molecule has 3 aliphatic rings. The van der Waals surface area contributed by atoms with E-state index in [1.165, 1.54) is 25.7 Å². The Morgan fingerprint density at radius 2 is 2.38 bits per heavy atom. The predicted molar refractivity (Wildman–Crippen MR) is 52.4 cm³/mol. The van der Waals surface area contributed by atoms with Crippen LogP contribution in [-0.4, -0.2) is 12.7 Å². The highest BCUT2D eigenvalue weighted by Crippen LogP contribution is 2.55. The Morgan fingerprint density at radius 3 is 3.23 bits per heavy atom. The quantitative estimate of drug-likeness (QED) is 0.518. The van der Waals surface area contributed by atoms with Crippen LogP contribution in [0.5, 0.6) is 0 Å². The molecule has 1 saturated heterocycles. The fourth-order valence-corrected chi connectivity index (χ4v) is 3.79. The van der Waals surface area contributed by atoms with Crippen molar-refractivity contribution in [3.05, 3.63) is 11.6 Å². The monoisotopic (exact) mass is 178 g/mol. The molecule has 1 heteroatoms. The number of hydrogen-bond acceptors (Lipinski definition) is 1. The summed E-state index contributed by atoms with van der Waals surface area (Å²) in [4.78, 5) is 0. The van der Waals surface area contributed by atoms with Crippen molar-refractivity contribution in [2.45, 2.75) is 38.7 Å². The molecule has 13 heavy (non-hydrogen) atoms. The summed E-state index contributed by atoms with van der Waals surface area (Å²) in [6.45, 7) is 3.23. The molecular formula is C12H18O. The van der Waals surface area contributed by atoms with Crippen molar-refractivity contribution in [3.8, 4) is 0 Å². The van der Waals surface area contributed by atoms with Crippen LogP contribution < -0.4 is 0 Å². The molecule has 0 aromatic rings. The molecule has 2 saturated carbocycles. The van der Waals surface area contributed by atoms with Crippen LogP contribution in [0.4, 0.5) is 0 Å². The van der Waals surface area contributed by atoms with E-state index in [4.69, 9.17) is 4.74 Å². The maximum Gasteiger partial charge on any atom is 0.0640 e. The summed E-state index contributed by atoms with van der Waals surface area (Å²) in [5.41, 5.74) is 1.73. The van der Waals surface area contributed by atoms with Crippen LogP contribution in [0.2, 0.25) is 0 Å². The van der Waals surface area contributed by atoms with Gasteiger partial charge in [-0.05, 0) is 50.4 Å².